The van der Waals surface area contributed by atoms with Crippen molar-refractivity contribution in [3.8, 4) is 0 Å². The number of amides is 2. The van der Waals surface area contributed by atoms with E-state index >= 15 is 0 Å². The van der Waals surface area contributed by atoms with Gasteiger partial charge in [-0.3, -0.25) is 4.79 Å². The normalized spacial score (nSPS) is 14.0. The molecule has 1 aliphatic heterocycles. The van der Waals surface area contributed by atoms with Gasteiger partial charge in [0, 0.05) is 38.1 Å². The minimum Gasteiger partial charge on any atom is -0.450 e. The van der Waals surface area contributed by atoms with Gasteiger partial charge in [0.25, 0.3) is 5.91 Å². The standard InChI is InChI=1S/C20H25N5O3/c1-4-28-20(27)25-11-9-24(10-12-25)19-21-8-7-16(23-19)18(26)22-17-13-14(2)5-6-15(17)3/h5-8,13H,4,9-12H2,1-3H3,(H,22,26). The van der Waals surface area contributed by atoms with Crippen molar-refractivity contribution < 1.29 is 14.3 Å². The van der Waals surface area contributed by atoms with Crippen molar-refractivity contribution in [2.45, 2.75) is 20.8 Å². The second-order valence-electron chi connectivity index (χ2n) is 6.69. The van der Waals surface area contributed by atoms with Crippen molar-refractivity contribution in [3.05, 3.63) is 47.3 Å². The van der Waals surface area contributed by atoms with Gasteiger partial charge in [0.2, 0.25) is 5.95 Å². The van der Waals surface area contributed by atoms with E-state index in [1.54, 1.807) is 24.1 Å². The van der Waals surface area contributed by atoms with Gasteiger partial charge in [0.15, 0.2) is 0 Å². The fourth-order valence-corrected chi connectivity index (χ4v) is 2.99. The molecule has 1 aromatic heterocycles. The first-order chi connectivity index (χ1) is 13.5. The zero-order valence-electron chi connectivity index (χ0n) is 16.4. The monoisotopic (exact) mass is 383 g/mol. The number of rotatable bonds is 4. The molecule has 0 atom stereocenters. The van der Waals surface area contributed by atoms with E-state index in [0.29, 0.717) is 44.4 Å². The molecule has 1 fully saturated rings. The van der Waals surface area contributed by atoms with Gasteiger partial charge in [-0.25, -0.2) is 14.8 Å². The van der Waals surface area contributed by atoms with Crippen LogP contribution in [0.25, 0.3) is 0 Å². The summed E-state index contributed by atoms with van der Waals surface area (Å²) in [5.41, 5.74) is 3.14. The molecule has 0 unspecified atom stereocenters. The first kappa shape index (κ1) is 19.6. The van der Waals surface area contributed by atoms with Gasteiger partial charge >= 0.3 is 6.09 Å². The summed E-state index contributed by atoms with van der Waals surface area (Å²) in [6.45, 7) is 8.30. The smallest absolute Gasteiger partial charge is 0.409 e. The van der Waals surface area contributed by atoms with Crippen LogP contribution in [0.4, 0.5) is 16.4 Å². The molecule has 8 nitrogen and oxygen atoms in total. The van der Waals surface area contributed by atoms with E-state index in [2.05, 4.69) is 15.3 Å². The van der Waals surface area contributed by atoms with Crippen LogP contribution in [0.15, 0.2) is 30.5 Å². The predicted molar refractivity (Wildman–Crippen MR) is 107 cm³/mol. The van der Waals surface area contributed by atoms with Crippen LogP contribution >= 0.6 is 0 Å². The first-order valence-electron chi connectivity index (χ1n) is 9.36. The van der Waals surface area contributed by atoms with Crippen LogP contribution in [0.5, 0.6) is 0 Å². The number of benzene rings is 1. The van der Waals surface area contributed by atoms with E-state index in [-0.39, 0.29) is 12.0 Å². The van der Waals surface area contributed by atoms with Crippen LogP contribution < -0.4 is 10.2 Å². The summed E-state index contributed by atoms with van der Waals surface area (Å²) in [6, 6.07) is 7.51. The van der Waals surface area contributed by atoms with Crippen molar-refractivity contribution in [3.63, 3.8) is 0 Å². The first-order valence-corrected chi connectivity index (χ1v) is 9.36. The Hall–Kier alpha value is -3.16. The lowest BCUT2D eigenvalue weighted by Crippen LogP contribution is -2.49. The third-order valence-corrected chi connectivity index (χ3v) is 4.61. The zero-order chi connectivity index (χ0) is 20.1. The molecular formula is C20H25N5O3. The molecular weight excluding hydrogens is 358 g/mol. The molecule has 1 N–H and O–H groups in total. The molecule has 3 rings (SSSR count). The Morgan fingerprint density at radius 2 is 1.89 bits per heavy atom. The molecule has 1 aromatic carbocycles. The van der Waals surface area contributed by atoms with Gasteiger partial charge in [-0.15, -0.1) is 0 Å². The summed E-state index contributed by atoms with van der Waals surface area (Å²) < 4.78 is 5.03. The molecule has 0 bridgehead atoms. The van der Waals surface area contributed by atoms with Crippen LogP contribution in [-0.4, -0.2) is 59.7 Å². The Kier molecular flexibility index (Phi) is 6.08. The number of nitrogens with one attached hydrogen (secondary N) is 1. The fourth-order valence-electron chi connectivity index (χ4n) is 2.99. The number of hydrogen-bond acceptors (Lipinski definition) is 6. The van der Waals surface area contributed by atoms with Crippen LogP contribution in [-0.2, 0) is 4.74 Å². The highest BCUT2D eigenvalue weighted by Crippen LogP contribution is 2.18. The van der Waals surface area contributed by atoms with E-state index in [0.717, 1.165) is 16.8 Å². The quantitative estimate of drug-likeness (QED) is 0.873. The molecule has 0 aliphatic carbocycles. The average Bonchev–Trinajstić information content (AvgIpc) is 2.71. The minimum atomic E-state index is -0.301. The number of hydrogen-bond donors (Lipinski definition) is 1. The summed E-state index contributed by atoms with van der Waals surface area (Å²) in [4.78, 5) is 36.8. The summed E-state index contributed by atoms with van der Waals surface area (Å²) in [5.74, 6) is 0.208. The van der Waals surface area contributed by atoms with Crippen molar-refractivity contribution >= 4 is 23.6 Å². The van der Waals surface area contributed by atoms with Gasteiger partial charge in [0.1, 0.15) is 5.69 Å². The van der Waals surface area contributed by atoms with Crippen LogP contribution in [0.2, 0.25) is 0 Å². The largest absolute Gasteiger partial charge is 0.450 e. The lowest BCUT2D eigenvalue weighted by Gasteiger charge is -2.34. The lowest BCUT2D eigenvalue weighted by atomic mass is 10.1. The molecule has 0 radical (unpaired) electrons. The number of ether oxygens (including phenoxy) is 1. The van der Waals surface area contributed by atoms with Crippen molar-refractivity contribution in [2.75, 3.05) is 43.0 Å². The highest BCUT2D eigenvalue weighted by Gasteiger charge is 2.24. The molecule has 2 heterocycles. The fraction of sp³-hybridized carbons (Fsp3) is 0.400. The van der Waals surface area contributed by atoms with Crippen LogP contribution in [0.3, 0.4) is 0 Å². The molecule has 0 saturated carbocycles. The van der Waals surface area contributed by atoms with E-state index < -0.39 is 0 Å². The second kappa shape index (κ2) is 8.69. The van der Waals surface area contributed by atoms with Gasteiger partial charge < -0.3 is 19.9 Å². The van der Waals surface area contributed by atoms with Crippen LogP contribution in [0, 0.1) is 13.8 Å². The summed E-state index contributed by atoms with van der Waals surface area (Å²) in [7, 11) is 0. The number of nitrogens with zero attached hydrogens (tertiary/aromatic N) is 4. The number of aromatic nitrogens is 2. The molecule has 28 heavy (non-hydrogen) atoms. The molecule has 8 heteroatoms. The Morgan fingerprint density at radius 3 is 2.61 bits per heavy atom. The maximum Gasteiger partial charge on any atom is 0.409 e. The Labute approximate surface area is 164 Å². The van der Waals surface area contributed by atoms with Gasteiger partial charge in [-0.1, -0.05) is 12.1 Å². The van der Waals surface area contributed by atoms with Crippen molar-refractivity contribution in [1.29, 1.82) is 0 Å². The molecule has 2 amide bonds. The van der Waals surface area contributed by atoms with Crippen molar-refractivity contribution in [2.24, 2.45) is 0 Å². The molecule has 2 aromatic rings. The topological polar surface area (TPSA) is 87.7 Å². The second-order valence-corrected chi connectivity index (χ2v) is 6.69. The number of carbonyl (C=O) groups is 2. The number of anilines is 2. The molecule has 1 aliphatic rings. The maximum absolute atomic E-state index is 12.6. The van der Waals surface area contributed by atoms with Gasteiger partial charge in [0.05, 0.1) is 6.61 Å². The van der Waals surface area contributed by atoms with Gasteiger partial charge in [-0.05, 0) is 44.0 Å². The third kappa shape index (κ3) is 4.57. The SMILES string of the molecule is CCOC(=O)N1CCN(c2nccc(C(=O)Nc3cc(C)ccc3C)n2)CC1. The molecule has 148 valence electrons. The summed E-state index contributed by atoms with van der Waals surface area (Å²) >= 11 is 0. The van der Waals surface area contributed by atoms with Gasteiger partial charge in [-0.2, -0.15) is 0 Å². The average molecular weight is 383 g/mol. The van der Waals surface area contributed by atoms with Crippen molar-refractivity contribution in [1.82, 2.24) is 14.9 Å². The van der Waals surface area contributed by atoms with E-state index in [4.69, 9.17) is 4.74 Å². The molecule has 0 spiro atoms. The van der Waals surface area contributed by atoms with E-state index in [1.807, 2.05) is 36.9 Å². The maximum atomic E-state index is 12.6. The third-order valence-electron chi connectivity index (χ3n) is 4.61. The number of aryl methyl sites for hydroxylation is 2. The highest BCUT2D eigenvalue weighted by molar-refractivity contribution is 6.03. The minimum absolute atomic E-state index is 0.275. The number of carbonyl (C=O) groups excluding carboxylic acids is 2. The molecule has 1 saturated heterocycles. The Bertz CT molecular complexity index is 863. The highest BCUT2D eigenvalue weighted by atomic mass is 16.6. The summed E-state index contributed by atoms with van der Waals surface area (Å²) in [6.07, 6.45) is 1.28. The summed E-state index contributed by atoms with van der Waals surface area (Å²) in [5, 5.41) is 2.92. The zero-order valence-corrected chi connectivity index (χ0v) is 16.4. The Balaban J connectivity index is 1.66. The Morgan fingerprint density at radius 1 is 1.14 bits per heavy atom. The van der Waals surface area contributed by atoms with Crippen LogP contribution in [0.1, 0.15) is 28.5 Å². The van der Waals surface area contributed by atoms with E-state index in [1.165, 1.54) is 0 Å². The van der Waals surface area contributed by atoms with E-state index in [9.17, 15) is 9.59 Å². The predicted octanol–water partition coefficient (Wildman–Crippen LogP) is 2.62. The lowest BCUT2D eigenvalue weighted by molar-refractivity contribution is 0.102. The number of piperazine rings is 1.